The molecule has 8 nitrogen and oxygen atoms in total. The summed E-state index contributed by atoms with van der Waals surface area (Å²) in [6.45, 7) is 1.95. The Morgan fingerprint density at radius 1 is 1.46 bits per heavy atom. The topological polar surface area (TPSA) is 102 Å². The van der Waals surface area contributed by atoms with Gasteiger partial charge < -0.3 is 10.1 Å². The summed E-state index contributed by atoms with van der Waals surface area (Å²) in [5, 5.41) is 15.4. The van der Waals surface area contributed by atoms with Gasteiger partial charge in [0.1, 0.15) is 11.4 Å². The molecule has 0 aliphatic heterocycles. The average molecular weight is 345 g/mol. The minimum atomic E-state index is -0.540. The van der Waals surface area contributed by atoms with Crippen LogP contribution in [0.1, 0.15) is 27.8 Å². The Balaban J connectivity index is 1.81. The standard InChI is InChI=1S/C15H15N5O3S/c1-3-23-15(22)9-8-16-20(2)13(9)17-14(21)11-7-10(18-19-11)12-5-4-6-24-12/h4-8H,3H2,1-2H3,(H,17,21)(H,18,19). The Bertz CT molecular complexity index is 866. The van der Waals surface area contributed by atoms with Crippen LogP contribution in [0.2, 0.25) is 0 Å². The maximum Gasteiger partial charge on any atom is 0.343 e. The number of hydrogen-bond donors (Lipinski definition) is 2. The third kappa shape index (κ3) is 3.06. The smallest absolute Gasteiger partial charge is 0.343 e. The van der Waals surface area contributed by atoms with Gasteiger partial charge in [-0.15, -0.1) is 11.3 Å². The molecule has 0 saturated heterocycles. The van der Waals surface area contributed by atoms with Crippen molar-refractivity contribution >= 4 is 29.0 Å². The van der Waals surface area contributed by atoms with Crippen molar-refractivity contribution in [3.8, 4) is 10.6 Å². The van der Waals surface area contributed by atoms with Gasteiger partial charge >= 0.3 is 5.97 Å². The number of carbonyl (C=O) groups is 2. The minimum absolute atomic E-state index is 0.196. The van der Waals surface area contributed by atoms with Gasteiger partial charge in [-0.05, 0) is 24.4 Å². The van der Waals surface area contributed by atoms with Crippen LogP contribution in [0.4, 0.5) is 5.82 Å². The van der Waals surface area contributed by atoms with E-state index in [2.05, 4.69) is 20.6 Å². The molecule has 0 aliphatic rings. The summed E-state index contributed by atoms with van der Waals surface area (Å²) in [6.07, 6.45) is 1.36. The van der Waals surface area contributed by atoms with Gasteiger partial charge in [-0.25, -0.2) is 4.79 Å². The number of ether oxygens (including phenoxy) is 1. The first-order valence-electron chi connectivity index (χ1n) is 7.20. The van der Waals surface area contributed by atoms with Crippen molar-refractivity contribution in [1.29, 1.82) is 0 Å². The van der Waals surface area contributed by atoms with Crippen LogP contribution in [-0.4, -0.2) is 38.5 Å². The van der Waals surface area contributed by atoms with Crippen LogP contribution in [0.15, 0.2) is 29.8 Å². The number of carbonyl (C=O) groups excluding carboxylic acids is 2. The SMILES string of the molecule is CCOC(=O)c1cnn(C)c1NC(=O)c1cc(-c2cccs2)[nH]n1. The highest BCUT2D eigenvalue weighted by Gasteiger charge is 2.21. The normalized spacial score (nSPS) is 10.6. The molecule has 0 aromatic carbocycles. The molecule has 1 amide bonds. The number of nitrogens with one attached hydrogen (secondary N) is 2. The van der Waals surface area contributed by atoms with Crippen LogP contribution in [0.25, 0.3) is 10.6 Å². The minimum Gasteiger partial charge on any atom is -0.462 e. The molecule has 124 valence electrons. The van der Waals surface area contributed by atoms with Crippen LogP contribution in [0.5, 0.6) is 0 Å². The number of esters is 1. The highest BCUT2D eigenvalue weighted by Crippen LogP contribution is 2.23. The van der Waals surface area contributed by atoms with E-state index in [1.54, 1.807) is 31.4 Å². The van der Waals surface area contributed by atoms with E-state index in [1.165, 1.54) is 10.9 Å². The van der Waals surface area contributed by atoms with E-state index < -0.39 is 11.9 Å². The molecule has 3 aromatic heterocycles. The second-order valence-electron chi connectivity index (χ2n) is 4.85. The van der Waals surface area contributed by atoms with Gasteiger partial charge in [0.15, 0.2) is 5.69 Å². The van der Waals surface area contributed by atoms with Crippen LogP contribution >= 0.6 is 11.3 Å². The number of aryl methyl sites for hydroxylation is 1. The molecule has 9 heteroatoms. The fourth-order valence-electron chi connectivity index (χ4n) is 2.11. The van der Waals surface area contributed by atoms with Crippen molar-refractivity contribution < 1.29 is 14.3 Å². The first kappa shape index (κ1) is 15.9. The number of anilines is 1. The summed E-state index contributed by atoms with van der Waals surface area (Å²) in [5.41, 5.74) is 1.17. The van der Waals surface area contributed by atoms with E-state index in [0.717, 1.165) is 10.6 Å². The molecule has 0 spiro atoms. The molecular weight excluding hydrogens is 330 g/mol. The van der Waals surface area contributed by atoms with E-state index in [9.17, 15) is 9.59 Å². The zero-order valence-corrected chi connectivity index (χ0v) is 13.9. The van der Waals surface area contributed by atoms with Crippen LogP contribution in [0, 0.1) is 0 Å². The monoisotopic (exact) mass is 345 g/mol. The quantitative estimate of drug-likeness (QED) is 0.691. The Hall–Kier alpha value is -2.94. The van der Waals surface area contributed by atoms with E-state index in [-0.39, 0.29) is 23.7 Å². The Morgan fingerprint density at radius 3 is 3.00 bits per heavy atom. The van der Waals surface area contributed by atoms with Gasteiger partial charge in [0.05, 0.1) is 23.4 Å². The third-order valence-corrected chi connectivity index (χ3v) is 4.17. The number of aromatic nitrogens is 4. The highest BCUT2D eigenvalue weighted by molar-refractivity contribution is 7.13. The average Bonchev–Trinajstić information content (AvgIpc) is 3.28. The van der Waals surface area contributed by atoms with Crippen LogP contribution < -0.4 is 5.32 Å². The number of nitrogens with zero attached hydrogens (tertiary/aromatic N) is 3. The summed E-state index contributed by atoms with van der Waals surface area (Å²) in [4.78, 5) is 25.3. The van der Waals surface area contributed by atoms with Crippen molar-refractivity contribution in [3.05, 3.63) is 41.0 Å². The lowest BCUT2D eigenvalue weighted by Crippen LogP contribution is -2.18. The molecule has 3 heterocycles. The number of rotatable bonds is 5. The summed E-state index contributed by atoms with van der Waals surface area (Å²) < 4.78 is 6.36. The predicted molar refractivity (Wildman–Crippen MR) is 89.0 cm³/mol. The molecule has 0 atom stereocenters. The molecule has 0 radical (unpaired) electrons. The Kier molecular flexibility index (Phi) is 4.43. The fraction of sp³-hybridized carbons (Fsp3) is 0.200. The Morgan fingerprint density at radius 2 is 2.29 bits per heavy atom. The number of hydrogen-bond acceptors (Lipinski definition) is 6. The van der Waals surface area contributed by atoms with Gasteiger partial charge in [-0.3, -0.25) is 14.6 Å². The summed E-state index contributed by atoms with van der Waals surface area (Å²) >= 11 is 1.54. The number of aromatic amines is 1. The van der Waals surface area contributed by atoms with Gasteiger partial charge in [0, 0.05) is 7.05 Å². The van der Waals surface area contributed by atoms with Crippen LogP contribution in [0.3, 0.4) is 0 Å². The number of amides is 1. The molecule has 0 aliphatic carbocycles. The first-order valence-corrected chi connectivity index (χ1v) is 8.08. The van der Waals surface area contributed by atoms with Crippen molar-refractivity contribution in [3.63, 3.8) is 0 Å². The zero-order chi connectivity index (χ0) is 17.1. The predicted octanol–water partition coefficient (Wildman–Crippen LogP) is 2.30. The van der Waals surface area contributed by atoms with Gasteiger partial charge in [-0.1, -0.05) is 6.07 Å². The van der Waals surface area contributed by atoms with E-state index in [0.29, 0.717) is 0 Å². The molecule has 0 bridgehead atoms. The Labute approximate surface area is 141 Å². The first-order chi connectivity index (χ1) is 11.6. The molecular formula is C15H15N5O3S. The van der Waals surface area contributed by atoms with Crippen molar-refractivity contribution in [1.82, 2.24) is 20.0 Å². The molecule has 0 saturated carbocycles. The molecule has 2 N–H and O–H groups in total. The van der Waals surface area contributed by atoms with Crippen LogP contribution in [-0.2, 0) is 11.8 Å². The van der Waals surface area contributed by atoms with Crippen molar-refractivity contribution in [2.75, 3.05) is 11.9 Å². The highest BCUT2D eigenvalue weighted by atomic mass is 32.1. The van der Waals surface area contributed by atoms with Gasteiger partial charge in [-0.2, -0.15) is 10.2 Å². The lowest BCUT2D eigenvalue weighted by Gasteiger charge is -2.06. The van der Waals surface area contributed by atoms with E-state index in [4.69, 9.17) is 4.74 Å². The molecule has 0 unspecified atom stereocenters. The van der Waals surface area contributed by atoms with Gasteiger partial charge in [0.2, 0.25) is 0 Å². The van der Waals surface area contributed by atoms with Crippen molar-refractivity contribution in [2.45, 2.75) is 6.92 Å². The summed E-state index contributed by atoms with van der Waals surface area (Å²) in [5.74, 6) is -0.718. The summed E-state index contributed by atoms with van der Waals surface area (Å²) in [7, 11) is 1.62. The molecule has 24 heavy (non-hydrogen) atoms. The number of thiophene rings is 1. The maximum atomic E-state index is 12.4. The number of H-pyrrole nitrogens is 1. The van der Waals surface area contributed by atoms with Gasteiger partial charge in [0.25, 0.3) is 5.91 Å². The summed E-state index contributed by atoms with van der Waals surface area (Å²) in [6, 6.07) is 5.50. The van der Waals surface area contributed by atoms with E-state index >= 15 is 0 Å². The maximum absolute atomic E-state index is 12.4. The zero-order valence-electron chi connectivity index (χ0n) is 13.1. The fourth-order valence-corrected chi connectivity index (χ4v) is 2.80. The van der Waals surface area contributed by atoms with E-state index in [1.807, 2.05) is 17.5 Å². The second-order valence-corrected chi connectivity index (χ2v) is 5.80. The lowest BCUT2D eigenvalue weighted by molar-refractivity contribution is 0.0527. The third-order valence-electron chi connectivity index (χ3n) is 3.26. The largest absolute Gasteiger partial charge is 0.462 e. The van der Waals surface area contributed by atoms with Crippen molar-refractivity contribution in [2.24, 2.45) is 7.05 Å². The molecule has 0 fully saturated rings. The second kappa shape index (κ2) is 6.67. The lowest BCUT2D eigenvalue weighted by atomic mass is 10.3. The molecule has 3 aromatic rings. The molecule has 3 rings (SSSR count).